The summed E-state index contributed by atoms with van der Waals surface area (Å²) in [7, 11) is -8.65. The van der Waals surface area contributed by atoms with Gasteiger partial charge in [-0.25, -0.2) is 25.4 Å². The summed E-state index contributed by atoms with van der Waals surface area (Å²) < 4.78 is 59.5. The highest BCUT2D eigenvalue weighted by Crippen LogP contribution is 2.44. The van der Waals surface area contributed by atoms with Crippen molar-refractivity contribution in [2.75, 3.05) is 8.61 Å². The van der Waals surface area contributed by atoms with Crippen LogP contribution in [0.2, 0.25) is 0 Å². The van der Waals surface area contributed by atoms with E-state index >= 15 is 0 Å². The normalized spacial score (nSPS) is 12.6. The number of hydrogen-bond donors (Lipinski definition) is 0. The van der Waals surface area contributed by atoms with Crippen LogP contribution in [-0.4, -0.2) is 28.4 Å². The van der Waals surface area contributed by atoms with Crippen molar-refractivity contribution in [3.63, 3.8) is 0 Å². The molecule has 236 valence electrons. The lowest BCUT2D eigenvalue weighted by molar-refractivity contribution is 0.0980. The van der Waals surface area contributed by atoms with Gasteiger partial charge in [0.05, 0.1) is 43.7 Å². The van der Waals surface area contributed by atoms with Crippen LogP contribution in [0.4, 0.5) is 22.7 Å². The average Bonchev–Trinajstić information content (AvgIpc) is 3.12. The molecule has 48 heavy (non-hydrogen) atoms. The van der Waals surface area contributed by atoms with Gasteiger partial charge in [-0.1, -0.05) is 97.1 Å². The second-order valence-corrected chi connectivity index (χ2v) is 14.5. The lowest BCUT2D eigenvalue weighted by atomic mass is 9.82. The van der Waals surface area contributed by atoms with E-state index in [1.807, 2.05) is 0 Å². The SMILES string of the molecule is O=C1c2cccc(N(c3ccccc3)S(=O)(=O)c3ccccc3)c2C(=O)c2c1cccc2N(c1ccccc1)S(=O)(=O)c1ccccc1. The molecule has 6 aromatic rings. The summed E-state index contributed by atoms with van der Waals surface area (Å²) in [5.41, 5.74) is 0.0919. The van der Waals surface area contributed by atoms with Gasteiger partial charge in [-0.05, 0) is 60.7 Å². The summed E-state index contributed by atoms with van der Waals surface area (Å²) in [6, 6.07) is 41.1. The van der Waals surface area contributed by atoms with Gasteiger partial charge in [0.25, 0.3) is 20.0 Å². The standard InChI is InChI=1S/C38H26N2O6S2/c41-37-31-23-13-25-33(39(27-15-5-1-6-16-27)47(43,44)29-19-9-3-10-20-29)35(31)38(42)36-32(37)24-14-26-34(36)40(28-17-7-2-8-18-28)48(45,46)30-21-11-4-12-22-30/h1-26H. The molecule has 0 aromatic heterocycles. The first-order valence-electron chi connectivity index (χ1n) is 14.9. The Morgan fingerprint density at radius 2 is 0.688 bits per heavy atom. The molecule has 8 nitrogen and oxygen atoms in total. The van der Waals surface area contributed by atoms with Gasteiger partial charge in [-0.3, -0.25) is 9.59 Å². The summed E-state index contributed by atoms with van der Waals surface area (Å²) >= 11 is 0. The van der Waals surface area contributed by atoms with E-state index in [0.29, 0.717) is 0 Å². The van der Waals surface area contributed by atoms with Gasteiger partial charge in [0.1, 0.15) is 0 Å². The Morgan fingerprint density at radius 3 is 1.04 bits per heavy atom. The predicted octanol–water partition coefficient (Wildman–Crippen LogP) is 7.52. The number of rotatable bonds is 8. The van der Waals surface area contributed by atoms with Crippen molar-refractivity contribution in [3.05, 3.63) is 180 Å². The Morgan fingerprint density at radius 1 is 0.354 bits per heavy atom. The summed E-state index contributed by atoms with van der Waals surface area (Å²) in [5.74, 6) is -1.24. The fourth-order valence-electron chi connectivity index (χ4n) is 5.88. The van der Waals surface area contributed by atoms with E-state index in [1.54, 1.807) is 97.1 Å². The second kappa shape index (κ2) is 12.1. The van der Waals surface area contributed by atoms with Crippen LogP contribution in [0.5, 0.6) is 0 Å². The molecule has 0 N–H and O–H groups in total. The molecule has 1 aliphatic rings. The van der Waals surface area contributed by atoms with E-state index in [1.165, 1.54) is 60.7 Å². The number of nitrogens with zero attached hydrogens (tertiary/aromatic N) is 2. The number of anilines is 4. The highest BCUT2D eigenvalue weighted by Gasteiger charge is 2.40. The first-order chi connectivity index (χ1) is 23.2. The molecule has 0 saturated carbocycles. The Bertz CT molecular complexity index is 2230. The maximum atomic E-state index is 14.9. The van der Waals surface area contributed by atoms with Crippen molar-refractivity contribution in [2.45, 2.75) is 9.79 Å². The quantitative estimate of drug-likeness (QED) is 0.166. The number of benzene rings is 6. The maximum Gasteiger partial charge on any atom is 0.268 e. The molecule has 1 aliphatic carbocycles. The zero-order chi connectivity index (χ0) is 33.5. The number of fused-ring (bicyclic) bond motifs is 2. The van der Waals surface area contributed by atoms with E-state index in [9.17, 15) is 26.4 Å². The summed E-state index contributed by atoms with van der Waals surface area (Å²) in [6.45, 7) is 0. The Balaban J connectivity index is 1.49. The average molecular weight is 671 g/mol. The minimum Gasteiger partial charge on any atom is -0.289 e. The van der Waals surface area contributed by atoms with Crippen molar-refractivity contribution >= 4 is 54.4 Å². The lowest BCUT2D eigenvalue weighted by Crippen LogP contribution is -2.33. The van der Waals surface area contributed by atoms with Crippen LogP contribution in [0, 0.1) is 0 Å². The third-order valence-corrected chi connectivity index (χ3v) is 11.5. The van der Waals surface area contributed by atoms with E-state index < -0.39 is 31.6 Å². The van der Waals surface area contributed by atoms with Gasteiger partial charge < -0.3 is 0 Å². The van der Waals surface area contributed by atoms with E-state index in [0.717, 1.165) is 8.61 Å². The first kappa shape index (κ1) is 30.8. The predicted molar refractivity (Wildman–Crippen MR) is 184 cm³/mol. The largest absolute Gasteiger partial charge is 0.289 e. The number of para-hydroxylation sites is 2. The van der Waals surface area contributed by atoms with Gasteiger partial charge in [0.2, 0.25) is 0 Å². The second-order valence-electron chi connectivity index (χ2n) is 10.9. The fraction of sp³-hybridized carbons (Fsp3) is 0. The molecular formula is C38H26N2O6S2. The summed E-state index contributed by atoms with van der Waals surface area (Å²) in [5, 5.41) is 0. The smallest absolute Gasteiger partial charge is 0.268 e. The van der Waals surface area contributed by atoms with Crippen LogP contribution in [-0.2, 0) is 20.0 Å². The lowest BCUT2D eigenvalue weighted by Gasteiger charge is -2.31. The molecule has 0 radical (unpaired) electrons. The van der Waals surface area contributed by atoms with E-state index in [-0.39, 0.29) is 54.8 Å². The molecule has 0 bridgehead atoms. The molecule has 0 amide bonds. The summed E-state index contributed by atoms with van der Waals surface area (Å²) in [6.07, 6.45) is 0. The molecule has 0 saturated heterocycles. The van der Waals surface area contributed by atoms with Crippen LogP contribution in [0.3, 0.4) is 0 Å². The number of carbonyl (C=O) groups is 2. The van der Waals surface area contributed by atoms with Crippen molar-refractivity contribution in [1.29, 1.82) is 0 Å². The Hall–Kier alpha value is -5.84. The zero-order valence-corrected chi connectivity index (χ0v) is 26.8. The third-order valence-electron chi connectivity index (χ3n) is 8.01. The minimum absolute atomic E-state index is 0.00326. The molecule has 0 spiro atoms. The summed E-state index contributed by atoms with van der Waals surface area (Å²) in [4.78, 5) is 29.1. The number of hydrogen-bond acceptors (Lipinski definition) is 6. The van der Waals surface area contributed by atoms with E-state index in [2.05, 4.69) is 0 Å². The Labute approximate surface area is 278 Å². The molecule has 0 heterocycles. The van der Waals surface area contributed by atoms with Crippen LogP contribution >= 0.6 is 0 Å². The van der Waals surface area contributed by atoms with E-state index in [4.69, 9.17) is 0 Å². The monoisotopic (exact) mass is 670 g/mol. The van der Waals surface area contributed by atoms with Gasteiger partial charge in [-0.15, -0.1) is 0 Å². The van der Waals surface area contributed by atoms with Crippen LogP contribution in [0.25, 0.3) is 0 Å². The number of sulfonamides is 2. The zero-order valence-electron chi connectivity index (χ0n) is 25.2. The third kappa shape index (κ3) is 5.07. The van der Waals surface area contributed by atoms with Crippen LogP contribution in [0.15, 0.2) is 168 Å². The number of carbonyl (C=O) groups excluding carboxylic acids is 2. The van der Waals surface area contributed by atoms with Gasteiger partial charge >= 0.3 is 0 Å². The first-order valence-corrected chi connectivity index (χ1v) is 17.8. The molecular weight excluding hydrogens is 645 g/mol. The molecule has 6 aromatic carbocycles. The molecule has 0 fully saturated rings. The van der Waals surface area contributed by atoms with Gasteiger partial charge in [-0.2, -0.15) is 0 Å². The van der Waals surface area contributed by atoms with Gasteiger partial charge in [0, 0.05) is 11.1 Å². The molecule has 10 heteroatoms. The fourth-order valence-corrected chi connectivity index (χ4v) is 8.93. The van der Waals surface area contributed by atoms with Crippen LogP contribution in [0.1, 0.15) is 31.8 Å². The molecule has 0 unspecified atom stereocenters. The number of ketones is 2. The van der Waals surface area contributed by atoms with Crippen LogP contribution < -0.4 is 8.61 Å². The molecule has 0 aliphatic heterocycles. The molecule has 7 rings (SSSR count). The molecule has 0 atom stereocenters. The topological polar surface area (TPSA) is 109 Å². The highest BCUT2D eigenvalue weighted by atomic mass is 32.2. The van der Waals surface area contributed by atoms with Crippen molar-refractivity contribution < 1.29 is 26.4 Å². The minimum atomic E-state index is -4.32. The van der Waals surface area contributed by atoms with Crippen molar-refractivity contribution in [1.82, 2.24) is 0 Å². The highest BCUT2D eigenvalue weighted by molar-refractivity contribution is 7.93. The Kier molecular flexibility index (Phi) is 7.74. The van der Waals surface area contributed by atoms with Gasteiger partial charge in [0.15, 0.2) is 11.6 Å². The van der Waals surface area contributed by atoms with Crippen molar-refractivity contribution in [3.8, 4) is 0 Å². The van der Waals surface area contributed by atoms with Crippen molar-refractivity contribution in [2.24, 2.45) is 0 Å². The maximum absolute atomic E-state index is 14.9.